The van der Waals surface area contributed by atoms with E-state index in [0.29, 0.717) is 0 Å². The molecule has 0 fully saturated rings. The Morgan fingerprint density at radius 3 is 3.08 bits per heavy atom. The Hall–Kier alpha value is -1.50. The number of aromatic nitrogens is 4. The summed E-state index contributed by atoms with van der Waals surface area (Å²) >= 11 is 0. The number of amides is 1. The van der Waals surface area contributed by atoms with E-state index in [1.165, 1.54) is 0 Å². The first-order valence-corrected chi connectivity index (χ1v) is 3.40. The third-order valence-electron chi connectivity index (χ3n) is 1.11. The number of carbonyl (C=O) groups excluding carboxylic acids is 1. The van der Waals surface area contributed by atoms with E-state index in [9.17, 15) is 4.79 Å². The zero-order chi connectivity index (χ0) is 8.97. The Balaban J connectivity index is 2.40. The number of nitrogens with one attached hydrogen (secondary N) is 2. The molecule has 3 N–H and O–H groups in total. The van der Waals surface area contributed by atoms with Gasteiger partial charge in [-0.25, -0.2) is 0 Å². The van der Waals surface area contributed by atoms with Crippen LogP contribution in [0.3, 0.4) is 0 Å². The molecule has 0 radical (unpaired) electrons. The zero-order valence-corrected chi connectivity index (χ0v) is 6.48. The summed E-state index contributed by atoms with van der Waals surface area (Å²) in [6, 6.07) is 0. The summed E-state index contributed by atoms with van der Waals surface area (Å²) in [5, 5.41) is 23.5. The van der Waals surface area contributed by atoms with Gasteiger partial charge >= 0.3 is 0 Å². The first-order chi connectivity index (χ1) is 5.70. The summed E-state index contributed by atoms with van der Waals surface area (Å²) in [5.41, 5.74) is 0. The van der Waals surface area contributed by atoms with Gasteiger partial charge < -0.3 is 10.4 Å². The van der Waals surface area contributed by atoms with Gasteiger partial charge in [-0.1, -0.05) is 0 Å². The van der Waals surface area contributed by atoms with Crippen LogP contribution >= 0.6 is 0 Å². The molecule has 1 atom stereocenters. The number of hydrogen-bond acceptors (Lipinski definition) is 5. The minimum absolute atomic E-state index is 0.0318. The van der Waals surface area contributed by atoms with Gasteiger partial charge in [0, 0.05) is 6.54 Å². The third kappa shape index (κ3) is 2.27. The second-order valence-electron chi connectivity index (χ2n) is 2.29. The Kier molecular flexibility index (Phi) is 2.70. The first kappa shape index (κ1) is 8.60. The molecule has 0 aliphatic heterocycles. The van der Waals surface area contributed by atoms with Crippen LogP contribution in [-0.4, -0.2) is 44.3 Å². The van der Waals surface area contributed by atoms with Crippen LogP contribution in [0.2, 0.25) is 0 Å². The van der Waals surface area contributed by atoms with Crippen molar-refractivity contribution in [3.05, 3.63) is 5.82 Å². The third-order valence-corrected chi connectivity index (χ3v) is 1.11. The van der Waals surface area contributed by atoms with E-state index in [-0.39, 0.29) is 12.4 Å². The van der Waals surface area contributed by atoms with Gasteiger partial charge in [0.15, 0.2) is 0 Å². The molecule has 0 saturated carbocycles. The van der Waals surface area contributed by atoms with Gasteiger partial charge in [-0.2, -0.15) is 5.21 Å². The van der Waals surface area contributed by atoms with Gasteiger partial charge in [0.1, 0.15) is 0 Å². The van der Waals surface area contributed by atoms with Crippen LogP contribution in [0.4, 0.5) is 0 Å². The van der Waals surface area contributed by atoms with Gasteiger partial charge in [0.25, 0.3) is 11.7 Å². The van der Waals surface area contributed by atoms with Crippen LogP contribution in [0, 0.1) is 0 Å². The number of hydrogen-bond donors (Lipinski definition) is 3. The van der Waals surface area contributed by atoms with Gasteiger partial charge in [0.2, 0.25) is 0 Å². The molecule has 1 aromatic rings. The van der Waals surface area contributed by atoms with Crippen molar-refractivity contribution in [1.82, 2.24) is 25.9 Å². The molecule has 0 aromatic carbocycles. The van der Waals surface area contributed by atoms with Crippen molar-refractivity contribution in [2.24, 2.45) is 0 Å². The van der Waals surface area contributed by atoms with Crippen molar-refractivity contribution < 1.29 is 9.90 Å². The highest BCUT2D eigenvalue weighted by molar-refractivity contribution is 5.89. The van der Waals surface area contributed by atoms with Crippen LogP contribution < -0.4 is 5.32 Å². The number of nitrogens with zero attached hydrogens (tertiary/aromatic N) is 3. The highest BCUT2D eigenvalue weighted by Gasteiger charge is 2.09. The number of rotatable bonds is 3. The van der Waals surface area contributed by atoms with Gasteiger partial charge in [-0.05, 0) is 12.1 Å². The summed E-state index contributed by atoms with van der Waals surface area (Å²) in [6.45, 7) is 1.74. The minimum atomic E-state index is -0.583. The fourth-order valence-electron chi connectivity index (χ4n) is 0.577. The molecule has 1 rings (SSSR count). The minimum Gasteiger partial charge on any atom is -0.392 e. The van der Waals surface area contributed by atoms with Crippen molar-refractivity contribution in [1.29, 1.82) is 0 Å². The number of H-pyrrole nitrogens is 1. The van der Waals surface area contributed by atoms with Crippen molar-refractivity contribution in [3.63, 3.8) is 0 Å². The molecular weight excluding hydrogens is 162 g/mol. The van der Waals surface area contributed by atoms with Gasteiger partial charge in [-0.15, -0.1) is 10.2 Å². The normalized spacial score (nSPS) is 12.5. The van der Waals surface area contributed by atoms with Crippen molar-refractivity contribution in [2.45, 2.75) is 13.0 Å². The van der Waals surface area contributed by atoms with Crippen molar-refractivity contribution in [3.8, 4) is 0 Å². The highest BCUT2D eigenvalue weighted by Crippen LogP contribution is 1.83. The molecule has 1 heterocycles. The smallest absolute Gasteiger partial charge is 0.292 e. The fraction of sp³-hybridized carbons (Fsp3) is 0.600. The molecule has 0 unspecified atom stereocenters. The summed E-state index contributed by atoms with van der Waals surface area (Å²) in [5.74, 6) is -0.486. The first-order valence-electron chi connectivity index (χ1n) is 3.40. The molecule has 7 heteroatoms. The lowest BCUT2D eigenvalue weighted by molar-refractivity contribution is 0.0914. The average molecular weight is 171 g/mol. The van der Waals surface area contributed by atoms with Crippen LogP contribution in [0.5, 0.6) is 0 Å². The van der Waals surface area contributed by atoms with Crippen molar-refractivity contribution in [2.75, 3.05) is 6.54 Å². The second kappa shape index (κ2) is 3.77. The molecule has 0 saturated heterocycles. The quantitative estimate of drug-likeness (QED) is 0.503. The Labute approximate surface area is 68.2 Å². The maximum absolute atomic E-state index is 11.0. The topological polar surface area (TPSA) is 104 Å². The SMILES string of the molecule is C[C@H](O)CNC(=O)c1nn[nH]n1. The molecule has 0 bridgehead atoms. The van der Waals surface area contributed by atoms with E-state index in [0.717, 1.165) is 0 Å². The standard InChI is InChI=1S/C5H9N5O2/c1-3(11)2-6-5(12)4-7-9-10-8-4/h3,11H,2H2,1H3,(H,6,12)(H,7,8,9,10)/t3-/m0/s1. The lowest BCUT2D eigenvalue weighted by atomic mass is 10.4. The molecule has 66 valence electrons. The van der Waals surface area contributed by atoms with Gasteiger partial charge in [-0.3, -0.25) is 4.79 Å². The molecule has 0 spiro atoms. The summed E-state index contributed by atoms with van der Waals surface area (Å²) in [6.07, 6.45) is -0.583. The van der Waals surface area contributed by atoms with Crippen LogP contribution in [0.1, 0.15) is 17.5 Å². The second-order valence-corrected chi connectivity index (χ2v) is 2.29. The Morgan fingerprint density at radius 2 is 2.58 bits per heavy atom. The number of aliphatic hydroxyl groups is 1. The lowest BCUT2D eigenvalue weighted by Crippen LogP contribution is -2.31. The lowest BCUT2D eigenvalue weighted by Gasteiger charge is -2.03. The average Bonchev–Trinajstić information content (AvgIpc) is 2.51. The van der Waals surface area contributed by atoms with Crippen LogP contribution in [-0.2, 0) is 0 Å². The van der Waals surface area contributed by atoms with E-state index < -0.39 is 12.0 Å². The number of carbonyl (C=O) groups is 1. The number of tetrazole rings is 1. The number of aromatic amines is 1. The zero-order valence-electron chi connectivity index (χ0n) is 6.48. The van der Waals surface area contributed by atoms with Crippen LogP contribution in [0.15, 0.2) is 0 Å². The van der Waals surface area contributed by atoms with Crippen LogP contribution in [0.25, 0.3) is 0 Å². The largest absolute Gasteiger partial charge is 0.392 e. The monoisotopic (exact) mass is 171 g/mol. The molecule has 1 aromatic heterocycles. The maximum Gasteiger partial charge on any atom is 0.292 e. The Bertz CT molecular complexity index is 244. The predicted octanol–water partition coefficient (Wildman–Crippen LogP) is -1.69. The molecule has 1 amide bonds. The van der Waals surface area contributed by atoms with E-state index in [4.69, 9.17) is 5.11 Å². The Morgan fingerprint density at radius 1 is 1.83 bits per heavy atom. The summed E-state index contributed by atoms with van der Waals surface area (Å²) in [7, 11) is 0. The molecule has 0 aliphatic carbocycles. The van der Waals surface area contributed by atoms with E-state index in [1.807, 2.05) is 0 Å². The summed E-state index contributed by atoms with van der Waals surface area (Å²) < 4.78 is 0. The maximum atomic E-state index is 11.0. The number of aliphatic hydroxyl groups excluding tert-OH is 1. The molecule has 12 heavy (non-hydrogen) atoms. The van der Waals surface area contributed by atoms with Crippen molar-refractivity contribution >= 4 is 5.91 Å². The molecular formula is C5H9N5O2. The predicted molar refractivity (Wildman–Crippen MR) is 38.2 cm³/mol. The van der Waals surface area contributed by atoms with E-state index in [1.54, 1.807) is 6.92 Å². The molecule has 7 nitrogen and oxygen atoms in total. The molecule has 0 aliphatic rings. The summed E-state index contributed by atoms with van der Waals surface area (Å²) in [4.78, 5) is 11.0. The highest BCUT2D eigenvalue weighted by atomic mass is 16.3. The fourth-order valence-corrected chi connectivity index (χ4v) is 0.577. The van der Waals surface area contributed by atoms with E-state index in [2.05, 4.69) is 25.9 Å². The van der Waals surface area contributed by atoms with E-state index >= 15 is 0 Å². The van der Waals surface area contributed by atoms with Gasteiger partial charge in [0.05, 0.1) is 6.10 Å².